The van der Waals surface area contributed by atoms with Crippen LogP contribution in [0.4, 0.5) is 13.2 Å². The van der Waals surface area contributed by atoms with Gasteiger partial charge in [-0.1, -0.05) is 18.9 Å². The Labute approximate surface area is 91.6 Å². The van der Waals surface area contributed by atoms with Crippen molar-refractivity contribution in [1.29, 1.82) is 0 Å². The van der Waals surface area contributed by atoms with Gasteiger partial charge in [0.2, 0.25) is 0 Å². The van der Waals surface area contributed by atoms with Crippen molar-refractivity contribution in [3.8, 4) is 0 Å². The summed E-state index contributed by atoms with van der Waals surface area (Å²) in [6.07, 6.45) is 2.82. The zero-order valence-corrected chi connectivity index (χ0v) is 8.64. The standard InChI is InChI=1S/C11H13F3N2/c12-8-4-3-7(10(13)11(8)14)9(16-15)5-6-1-2-6/h3-4,6,9,16H,1-2,5,15H2. The molecule has 1 unspecified atom stereocenters. The molecule has 88 valence electrons. The molecular weight excluding hydrogens is 217 g/mol. The van der Waals surface area contributed by atoms with Crippen molar-refractivity contribution in [2.45, 2.75) is 25.3 Å². The van der Waals surface area contributed by atoms with Gasteiger partial charge < -0.3 is 0 Å². The maximum absolute atomic E-state index is 13.5. The second-order valence-corrected chi connectivity index (χ2v) is 4.16. The molecule has 1 fully saturated rings. The van der Waals surface area contributed by atoms with Gasteiger partial charge in [0.15, 0.2) is 17.5 Å². The van der Waals surface area contributed by atoms with E-state index in [9.17, 15) is 13.2 Å². The maximum atomic E-state index is 13.5. The minimum absolute atomic E-state index is 0.0910. The Morgan fingerprint density at radius 1 is 1.25 bits per heavy atom. The molecule has 0 aliphatic heterocycles. The molecule has 1 atom stereocenters. The van der Waals surface area contributed by atoms with Crippen molar-refractivity contribution in [3.05, 3.63) is 35.1 Å². The van der Waals surface area contributed by atoms with Gasteiger partial charge in [0.25, 0.3) is 0 Å². The Bertz CT molecular complexity index is 391. The van der Waals surface area contributed by atoms with E-state index < -0.39 is 23.5 Å². The number of hydrazine groups is 1. The highest BCUT2D eigenvalue weighted by molar-refractivity contribution is 5.23. The first kappa shape index (κ1) is 11.4. The van der Waals surface area contributed by atoms with Crippen molar-refractivity contribution < 1.29 is 13.2 Å². The molecule has 0 heterocycles. The second kappa shape index (κ2) is 4.43. The average molecular weight is 230 g/mol. The van der Waals surface area contributed by atoms with Crippen LogP contribution in [0, 0.1) is 23.4 Å². The first-order chi connectivity index (χ1) is 7.63. The van der Waals surface area contributed by atoms with Crippen molar-refractivity contribution in [2.75, 3.05) is 0 Å². The van der Waals surface area contributed by atoms with Crippen LogP contribution in [0.25, 0.3) is 0 Å². The molecule has 0 aromatic heterocycles. The molecule has 0 radical (unpaired) electrons. The predicted octanol–water partition coefficient (Wildman–Crippen LogP) is 2.41. The van der Waals surface area contributed by atoms with Gasteiger partial charge in [-0.15, -0.1) is 0 Å². The molecule has 1 aromatic carbocycles. The van der Waals surface area contributed by atoms with Crippen molar-refractivity contribution in [2.24, 2.45) is 11.8 Å². The van der Waals surface area contributed by atoms with E-state index in [1.165, 1.54) is 6.07 Å². The van der Waals surface area contributed by atoms with E-state index in [1.54, 1.807) is 0 Å². The number of nitrogens with two attached hydrogens (primary N) is 1. The molecular formula is C11H13F3N2. The number of halogens is 3. The van der Waals surface area contributed by atoms with E-state index in [2.05, 4.69) is 5.43 Å². The summed E-state index contributed by atoms with van der Waals surface area (Å²) in [6, 6.07) is 1.70. The number of nitrogens with one attached hydrogen (secondary N) is 1. The fraction of sp³-hybridized carbons (Fsp3) is 0.455. The molecule has 0 spiro atoms. The van der Waals surface area contributed by atoms with E-state index in [4.69, 9.17) is 5.84 Å². The first-order valence-electron chi connectivity index (χ1n) is 5.23. The zero-order chi connectivity index (χ0) is 11.7. The van der Waals surface area contributed by atoms with Crippen LogP contribution < -0.4 is 11.3 Å². The molecule has 16 heavy (non-hydrogen) atoms. The van der Waals surface area contributed by atoms with Gasteiger partial charge in [0, 0.05) is 11.6 Å². The minimum Gasteiger partial charge on any atom is -0.271 e. The SMILES string of the molecule is NNC(CC1CC1)c1ccc(F)c(F)c1F. The molecule has 2 nitrogen and oxygen atoms in total. The third-order valence-electron chi connectivity index (χ3n) is 2.91. The summed E-state index contributed by atoms with van der Waals surface area (Å²) in [6.45, 7) is 0. The molecule has 1 saturated carbocycles. The Morgan fingerprint density at radius 3 is 2.50 bits per heavy atom. The van der Waals surface area contributed by atoms with Gasteiger partial charge in [0.05, 0.1) is 0 Å². The fourth-order valence-electron chi connectivity index (χ4n) is 1.78. The first-order valence-corrected chi connectivity index (χ1v) is 5.23. The predicted molar refractivity (Wildman–Crippen MR) is 53.7 cm³/mol. The van der Waals surface area contributed by atoms with E-state index >= 15 is 0 Å². The summed E-state index contributed by atoms with van der Waals surface area (Å²) in [5.41, 5.74) is 2.54. The summed E-state index contributed by atoms with van der Waals surface area (Å²) in [5.74, 6) is 2.05. The van der Waals surface area contributed by atoms with E-state index in [-0.39, 0.29) is 5.56 Å². The van der Waals surface area contributed by atoms with Gasteiger partial charge in [-0.2, -0.15) is 0 Å². The lowest BCUT2D eigenvalue weighted by Crippen LogP contribution is -2.29. The highest BCUT2D eigenvalue weighted by Gasteiger charge is 2.28. The number of benzene rings is 1. The minimum atomic E-state index is -1.44. The summed E-state index contributed by atoms with van der Waals surface area (Å²) < 4.78 is 39.2. The molecule has 2 rings (SSSR count). The zero-order valence-electron chi connectivity index (χ0n) is 8.64. The van der Waals surface area contributed by atoms with E-state index in [1.807, 2.05) is 0 Å². The van der Waals surface area contributed by atoms with Crippen LogP contribution in [0.3, 0.4) is 0 Å². The highest BCUT2D eigenvalue weighted by atomic mass is 19.2. The molecule has 5 heteroatoms. The van der Waals surface area contributed by atoms with Crippen LogP contribution in [-0.2, 0) is 0 Å². The molecule has 1 aromatic rings. The quantitative estimate of drug-likeness (QED) is 0.473. The van der Waals surface area contributed by atoms with Crippen molar-refractivity contribution in [3.63, 3.8) is 0 Å². The largest absolute Gasteiger partial charge is 0.271 e. The summed E-state index contributed by atoms with van der Waals surface area (Å²) >= 11 is 0. The van der Waals surface area contributed by atoms with Crippen LogP contribution in [0.5, 0.6) is 0 Å². The third-order valence-corrected chi connectivity index (χ3v) is 2.91. The topological polar surface area (TPSA) is 38.0 Å². The molecule has 1 aliphatic carbocycles. The van der Waals surface area contributed by atoms with Gasteiger partial charge >= 0.3 is 0 Å². The monoisotopic (exact) mass is 230 g/mol. The Morgan fingerprint density at radius 2 is 1.94 bits per heavy atom. The van der Waals surface area contributed by atoms with Crippen LogP contribution in [-0.4, -0.2) is 0 Å². The van der Waals surface area contributed by atoms with Gasteiger partial charge in [-0.25, -0.2) is 13.2 Å². The van der Waals surface area contributed by atoms with E-state index in [0.29, 0.717) is 12.3 Å². The van der Waals surface area contributed by atoms with Gasteiger partial charge in [0.1, 0.15) is 0 Å². The summed E-state index contributed by atoms with van der Waals surface area (Å²) in [4.78, 5) is 0. The van der Waals surface area contributed by atoms with Crippen LogP contribution in [0.15, 0.2) is 12.1 Å². The average Bonchev–Trinajstić information content (AvgIpc) is 3.07. The Kier molecular flexibility index (Phi) is 3.16. The third kappa shape index (κ3) is 2.20. The lowest BCUT2D eigenvalue weighted by molar-refractivity contribution is 0.413. The molecule has 0 saturated heterocycles. The maximum Gasteiger partial charge on any atom is 0.194 e. The van der Waals surface area contributed by atoms with Crippen LogP contribution in [0.1, 0.15) is 30.9 Å². The molecule has 0 amide bonds. The van der Waals surface area contributed by atoms with Crippen LogP contribution >= 0.6 is 0 Å². The molecule has 0 bridgehead atoms. The van der Waals surface area contributed by atoms with Gasteiger partial charge in [-0.05, 0) is 18.4 Å². The smallest absolute Gasteiger partial charge is 0.194 e. The van der Waals surface area contributed by atoms with Gasteiger partial charge in [-0.3, -0.25) is 11.3 Å². The summed E-state index contributed by atoms with van der Waals surface area (Å²) in [5, 5.41) is 0. The number of rotatable bonds is 4. The van der Waals surface area contributed by atoms with Crippen molar-refractivity contribution in [1.82, 2.24) is 5.43 Å². The normalized spacial score (nSPS) is 17.5. The molecule has 1 aliphatic rings. The van der Waals surface area contributed by atoms with Crippen molar-refractivity contribution >= 4 is 0 Å². The number of hydrogen-bond acceptors (Lipinski definition) is 2. The lowest BCUT2D eigenvalue weighted by Gasteiger charge is -2.16. The van der Waals surface area contributed by atoms with E-state index in [0.717, 1.165) is 18.9 Å². The fourth-order valence-corrected chi connectivity index (χ4v) is 1.78. The van der Waals surface area contributed by atoms with Crippen LogP contribution in [0.2, 0.25) is 0 Å². The second-order valence-electron chi connectivity index (χ2n) is 4.16. The number of hydrogen-bond donors (Lipinski definition) is 2. The Balaban J connectivity index is 2.26. The highest BCUT2D eigenvalue weighted by Crippen LogP contribution is 2.38. The lowest BCUT2D eigenvalue weighted by atomic mass is 10.0. The Hall–Kier alpha value is -1.07. The summed E-state index contributed by atoms with van der Waals surface area (Å²) in [7, 11) is 0. The molecule has 3 N–H and O–H groups in total.